The monoisotopic (exact) mass is 366 g/mol. The second kappa shape index (κ2) is 7.38. The van der Waals surface area contributed by atoms with E-state index in [2.05, 4.69) is 0 Å². The largest absolute Gasteiger partial charge is 0.416 e. The molecular formula is C15H21F3N2O3S. The van der Waals surface area contributed by atoms with E-state index in [4.69, 9.17) is 5.11 Å². The minimum absolute atomic E-state index is 0.0144. The molecule has 5 nitrogen and oxygen atoms in total. The normalized spacial score (nSPS) is 18.5. The van der Waals surface area contributed by atoms with Crippen molar-refractivity contribution in [2.75, 3.05) is 39.3 Å². The minimum atomic E-state index is -4.59. The predicted molar refractivity (Wildman–Crippen MR) is 83.1 cm³/mol. The maximum atomic E-state index is 12.9. The summed E-state index contributed by atoms with van der Waals surface area (Å²) in [6, 6.07) is 2.78. The Morgan fingerprint density at radius 2 is 1.88 bits per heavy atom. The van der Waals surface area contributed by atoms with Crippen molar-refractivity contribution in [1.29, 1.82) is 0 Å². The van der Waals surface area contributed by atoms with Gasteiger partial charge in [-0.3, -0.25) is 4.90 Å². The Balaban J connectivity index is 2.30. The second-order valence-electron chi connectivity index (χ2n) is 5.80. The molecule has 0 saturated carbocycles. The molecule has 1 heterocycles. The van der Waals surface area contributed by atoms with E-state index in [1.54, 1.807) is 0 Å². The van der Waals surface area contributed by atoms with Gasteiger partial charge in [-0.1, -0.05) is 6.07 Å². The molecule has 1 N–H and O–H groups in total. The zero-order valence-electron chi connectivity index (χ0n) is 13.4. The van der Waals surface area contributed by atoms with Crippen LogP contribution in [-0.4, -0.2) is 62.1 Å². The second-order valence-corrected chi connectivity index (χ2v) is 7.71. The summed E-state index contributed by atoms with van der Waals surface area (Å²) in [6.45, 7) is 3.46. The van der Waals surface area contributed by atoms with Crippen molar-refractivity contribution in [3.05, 3.63) is 29.3 Å². The summed E-state index contributed by atoms with van der Waals surface area (Å²) in [5.41, 5.74) is -0.678. The lowest BCUT2D eigenvalue weighted by atomic mass is 10.1. The van der Waals surface area contributed by atoms with E-state index in [1.807, 2.05) is 4.90 Å². The number of aliphatic hydroxyl groups is 1. The number of hydrogen-bond donors (Lipinski definition) is 1. The van der Waals surface area contributed by atoms with E-state index >= 15 is 0 Å². The average Bonchev–Trinajstić information content (AvgIpc) is 2.73. The van der Waals surface area contributed by atoms with E-state index < -0.39 is 21.8 Å². The molecule has 1 aromatic rings. The van der Waals surface area contributed by atoms with Crippen LogP contribution >= 0.6 is 0 Å². The molecule has 1 fully saturated rings. The third-order valence-electron chi connectivity index (χ3n) is 4.10. The Morgan fingerprint density at radius 3 is 2.50 bits per heavy atom. The van der Waals surface area contributed by atoms with Crippen molar-refractivity contribution >= 4 is 10.0 Å². The first-order chi connectivity index (χ1) is 11.2. The van der Waals surface area contributed by atoms with Crippen molar-refractivity contribution < 1.29 is 26.7 Å². The quantitative estimate of drug-likeness (QED) is 0.881. The number of rotatable bonds is 4. The molecule has 24 heavy (non-hydrogen) atoms. The zero-order chi connectivity index (χ0) is 18.0. The average molecular weight is 366 g/mol. The Bertz CT molecular complexity index is 677. The molecule has 0 bridgehead atoms. The third-order valence-corrected chi connectivity index (χ3v) is 6.14. The molecule has 1 aliphatic heterocycles. The first-order valence-electron chi connectivity index (χ1n) is 7.67. The van der Waals surface area contributed by atoms with E-state index in [1.165, 1.54) is 17.3 Å². The maximum Gasteiger partial charge on any atom is 0.416 e. The Hall–Kier alpha value is -1.16. The van der Waals surface area contributed by atoms with Gasteiger partial charge in [0, 0.05) is 26.2 Å². The lowest BCUT2D eigenvalue weighted by Crippen LogP contribution is -2.36. The molecule has 0 aliphatic carbocycles. The summed E-state index contributed by atoms with van der Waals surface area (Å²) in [5, 5.41) is 8.98. The van der Waals surface area contributed by atoms with Gasteiger partial charge < -0.3 is 5.11 Å². The molecule has 0 atom stereocenters. The van der Waals surface area contributed by atoms with Crippen molar-refractivity contribution in [2.24, 2.45) is 0 Å². The summed E-state index contributed by atoms with van der Waals surface area (Å²) >= 11 is 0. The number of sulfonamides is 1. The fourth-order valence-electron chi connectivity index (χ4n) is 2.75. The maximum absolute atomic E-state index is 12.9. The molecule has 1 aromatic carbocycles. The van der Waals surface area contributed by atoms with Gasteiger partial charge in [0.05, 0.1) is 17.1 Å². The molecule has 1 saturated heterocycles. The lowest BCUT2D eigenvalue weighted by molar-refractivity contribution is -0.137. The highest BCUT2D eigenvalue weighted by atomic mass is 32.2. The molecule has 9 heteroatoms. The lowest BCUT2D eigenvalue weighted by Gasteiger charge is -2.22. The minimum Gasteiger partial charge on any atom is -0.395 e. The van der Waals surface area contributed by atoms with E-state index in [0.29, 0.717) is 37.7 Å². The molecule has 0 amide bonds. The van der Waals surface area contributed by atoms with Crippen molar-refractivity contribution in [1.82, 2.24) is 9.21 Å². The van der Waals surface area contributed by atoms with Gasteiger partial charge in [-0.2, -0.15) is 17.5 Å². The fourth-order valence-corrected chi connectivity index (χ4v) is 4.47. The number of benzene rings is 1. The standard InChI is InChI=1S/C15H21F3N2O3S/c1-12-3-4-13(15(16,17)18)11-14(12)24(22,23)20-6-2-5-19(7-8-20)9-10-21/h3-4,11,21H,2,5-10H2,1H3. The van der Waals surface area contributed by atoms with Crippen LogP contribution in [0, 0.1) is 6.92 Å². The highest BCUT2D eigenvalue weighted by molar-refractivity contribution is 7.89. The summed E-state index contributed by atoms with van der Waals surface area (Å²) in [4.78, 5) is 1.64. The van der Waals surface area contributed by atoms with Crippen molar-refractivity contribution in [3.8, 4) is 0 Å². The van der Waals surface area contributed by atoms with Crippen LogP contribution in [0.1, 0.15) is 17.5 Å². The molecule has 1 aliphatic rings. The molecule has 2 rings (SSSR count). The van der Waals surface area contributed by atoms with Crippen LogP contribution in [0.4, 0.5) is 13.2 Å². The van der Waals surface area contributed by atoms with Crippen molar-refractivity contribution in [2.45, 2.75) is 24.4 Å². The van der Waals surface area contributed by atoms with E-state index in [9.17, 15) is 21.6 Å². The number of nitrogens with zero attached hydrogens (tertiary/aromatic N) is 2. The van der Waals surface area contributed by atoms with Crippen LogP contribution in [0.2, 0.25) is 0 Å². The molecule has 0 aromatic heterocycles. The van der Waals surface area contributed by atoms with Crippen LogP contribution in [0.5, 0.6) is 0 Å². The molecule has 0 unspecified atom stereocenters. The SMILES string of the molecule is Cc1ccc(C(F)(F)F)cc1S(=O)(=O)N1CCCN(CCO)CC1. The third kappa shape index (κ3) is 4.27. The van der Waals surface area contributed by atoms with E-state index in [-0.39, 0.29) is 24.6 Å². The van der Waals surface area contributed by atoms with Gasteiger partial charge in [0.2, 0.25) is 10.0 Å². The van der Waals surface area contributed by atoms with Gasteiger partial charge in [0.25, 0.3) is 0 Å². The van der Waals surface area contributed by atoms with Gasteiger partial charge in [-0.25, -0.2) is 8.42 Å². The number of aliphatic hydroxyl groups excluding tert-OH is 1. The van der Waals surface area contributed by atoms with Crippen LogP contribution in [0.25, 0.3) is 0 Å². The van der Waals surface area contributed by atoms with Crippen LogP contribution in [0.15, 0.2) is 23.1 Å². The molecule has 0 spiro atoms. The predicted octanol–water partition coefficient (Wildman–Crippen LogP) is 1.70. The first kappa shape index (κ1) is 19.2. The summed E-state index contributed by atoms with van der Waals surface area (Å²) in [7, 11) is -3.99. The van der Waals surface area contributed by atoms with Crippen molar-refractivity contribution in [3.63, 3.8) is 0 Å². The Labute approximate surface area is 139 Å². The fraction of sp³-hybridized carbons (Fsp3) is 0.600. The van der Waals surface area contributed by atoms with Crippen LogP contribution in [0.3, 0.4) is 0 Å². The zero-order valence-corrected chi connectivity index (χ0v) is 14.2. The van der Waals surface area contributed by atoms with Crippen LogP contribution in [-0.2, 0) is 16.2 Å². The number of hydrogen-bond acceptors (Lipinski definition) is 4. The topological polar surface area (TPSA) is 60.9 Å². The highest BCUT2D eigenvalue weighted by Crippen LogP contribution is 2.32. The van der Waals surface area contributed by atoms with Gasteiger partial charge in [0.1, 0.15) is 0 Å². The van der Waals surface area contributed by atoms with Gasteiger partial charge in [-0.15, -0.1) is 0 Å². The van der Waals surface area contributed by atoms with E-state index in [0.717, 1.165) is 6.07 Å². The number of alkyl halides is 3. The number of halogens is 3. The Kier molecular flexibility index (Phi) is 5.90. The summed E-state index contributed by atoms with van der Waals surface area (Å²) in [5.74, 6) is 0. The summed E-state index contributed by atoms with van der Waals surface area (Å²) in [6.07, 6.45) is -4.02. The smallest absolute Gasteiger partial charge is 0.395 e. The molecule has 136 valence electrons. The highest BCUT2D eigenvalue weighted by Gasteiger charge is 2.34. The van der Waals surface area contributed by atoms with Gasteiger partial charge in [-0.05, 0) is 37.6 Å². The first-order valence-corrected chi connectivity index (χ1v) is 9.11. The van der Waals surface area contributed by atoms with Gasteiger partial charge in [0.15, 0.2) is 0 Å². The van der Waals surface area contributed by atoms with Crippen LogP contribution < -0.4 is 0 Å². The number of β-amino-alcohol motifs (C(OH)–C–C–N with tert-alkyl or cyclic N) is 1. The number of aryl methyl sites for hydroxylation is 1. The summed E-state index contributed by atoms with van der Waals surface area (Å²) < 4.78 is 65.5. The molecular weight excluding hydrogens is 345 g/mol. The Morgan fingerprint density at radius 1 is 1.17 bits per heavy atom. The van der Waals surface area contributed by atoms with Gasteiger partial charge >= 0.3 is 6.18 Å². The molecule has 0 radical (unpaired) electrons.